The number of likely N-dealkylation sites (N-methyl/N-ethyl adjacent to an activating group) is 1. The molecule has 1 aliphatic heterocycles. The minimum Gasteiger partial charge on any atom is -0.389 e. The summed E-state index contributed by atoms with van der Waals surface area (Å²) in [5, 5.41) is 13.5. The summed E-state index contributed by atoms with van der Waals surface area (Å²) < 4.78 is 0. The second-order valence-electron chi connectivity index (χ2n) is 5.34. The van der Waals surface area contributed by atoms with Crippen molar-refractivity contribution in [3.05, 3.63) is 0 Å². The average Bonchev–Trinajstić information content (AvgIpc) is 2.52. The van der Waals surface area contributed by atoms with Crippen molar-refractivity contribution in [3.8, 4) is 0 Å². The fourth-order valence-electron chi connectivity index (χ4n) is 2.16. The Morgan fingerprint density at radius 2 is 2.20 bits per heavy atom. The smallest absolute Gasteiger partial charge is 0.0768 e. The number of hydrogen-bond donors (Lipinski definition) is 2. The van der Waals surface area contributed by atoms with Gasteiger partial charge in [0, 0.05) is 19.1 Å². The molecule has 0 saturated carbocycles. The molecule has 2 atom stereocenters. The van der Waals surface area contributed by atoms with Crippen molar-refractivity contribution in [2.24, 2.45) is 5.92 Å². The van der Waals surface area contributed by atoms with E-state index in [9.17, 15) is 5.11 Å². The van der Waals surface area contributed by atoms with Crippen LogP contribution in [0.4, 0.5) is 0 Å². The standard InChI is InChI=1S/C12H26N2O/c1-10(2)12(3,15)9-14-7-5-6-11(14)8-13-4/h10-11,13,15H,5-9H2,1-4H3. The molecular formula is C12H26N2O. The zero-order valence-corrected chi connectivity index (χ0v) is 10.6. The van der Waals surface area contributed by atoms with Crippen molar-refractivity contribution in [1.82, 2.24) is 10.2 Å². The van der Waals surface area contributed by atoms with Gasteiger partial charge in [-0.05, 0) is 39.3 Å². The van der Waals surface area contributed by atoms with E-state index in [1.807, 2.05) is 14.0 Å². The average molecular weight is 214 g/mol. The van der Waals surface area contributed by atoms with Crippen LogP contribution in [0.2, 0.25) is 0 Å². The van der Waals surface area contributed by atoms with Gasteiger partial charge >= 0.3 is 0 Å². The van der Waals surface area contributed by atoms with Crippen molar-refractivity contribution in [2.75, 3.05) is 26.7 Å². The minimum absolute atomic E-state index is 0.313. The van der Waals surface area contributed by atoms with Gasteiger partial charge in [0.25, 0.3) is 0 Å². The van der Waals surface area contributed by atoms with Gasteiger partial charge in [0.2, 0.25) is 0 Å². The number of nitrogens with one attached hydrogen (secondary N) is 1. The van der Waals surface area contributed by atoms with E-state index in [0.29, 0.717) is 12.0 Å². The number of nitrogens with zero attached hydrogens (tertiary/aromatic N) is 1. The van der Waals surface area contributed by atoms with Crippen LogP contribution in [0.15, 0.2) is 0 Å². The highest BCUT2D eigenvalue weighted by molar-refractivity contribution is 4.87. The van der Waals surface area contributed by atoms with Gasteiger partial charge in [-0.3, -0.25) is 4.90 Å². The molecule has 0 radical (unpaired) electrons. The van der Waals surface area contributed by atoms with Crippen LogP contribution in [0, 0.1) is 5.92 Å². The number of likely N-dealkylation sites (tertiary alicyclic amines) is 1. The molecule has 1 saturated heterocycles. The molecule has 0 aliphatic carbocycles. The third kappa shape index (κ3) is 3.44. The third-order valence-corrected chi connectivity index (χ3v) is 3.71. The predicted molar refractivity (Wildman–Crippen MR) is 64.0 cm³/mol. The maximum atomic E-state index is 10.3. The summed E-state index contributed by atoms with van der Waals surface area (Å²) >= 11 is 0. The fourth-order valence-corrected chi connectivity index (χ4v) is 2.16. The van der Waals surface area contributed by atoms with Crippen molar-refractivity contribution < 1.29 is 5.11 Å². The molecular weight excluding hydrogens is 188 g/mol. The lowest BCUT2D eigenvalue weighted by atomic mass is 9.92. The first-order valence-corrected chi connectivity index (χ1v) is 6.08. The van der Waals surface area contributed by atoms with E-state index in [2.05, 4.69) is 24.1 Å². The topological polar surface area (TPSA) is 35.5 Å². The number of aliphatic hydroxyl groups is 1. The quantitative estimate of drug-likeness (QED) is 0.719. The summed E-state index contributed by atoms with van der Waals surface area (Å²) in [5.41, 5.74) is -0.559. The second-order valence-corrected chi connectivity index (χ2v) is 5.34. The van der Waals surface area contributed by atoms with E-state index in [0.717, 1.165) is 19.6 Å². The van der Waals surface area contributed by atoms with Crippen molar-refractivity contribution in [3.63, 3.8) is 0 Å². The van der Waals surface area contributed by atoms with Gasteiger partial charge in [-0.2, -0.15) is 0 Å². The first-order chi connectivity index (χ1) is 6.97. The van der Waals surface area contributed by atoms with E-state index in [1.54, 1.807) is 0 Å². The van der Waals surface area contributed by atoms with Crippen molar-refractivity contribution >= 4 is 0 Å². The van der Waals surface area contributed by atoms with Crippen LogP contribution in [0.25, 0.3) is 0 Å². The zero-order valence-electron chi connectivity index (χ0n) is 10.6. The van der Waals surface area contributed by atoms with E-state index >= 15 is 0 Å². The molecule has 2 N–H and O–H groups in total. The summed E-state index contributed by atoms with van der Waals surface area (Å²) in [6.07, 6.45) is 2.52. The van der Waals surface area contributed by atoms with Gasteiger partial charge in [-0.15, -0.1) is 0 Å². The summed E-state index contributed by atoms with van der Waals surface area (Å²) in [5.74, 6) is 0.313. The Hall–Kier alpha value is -0.120. The summed E-state index contributed by atoms with van der Waals surface area (Å²) in [4.78, 5) is 2.43. The van der Waals surface area contributed by atoms with Gasteiger partial charge < -0.3 is 10.4 Å². The summed E-state index contributed by atoms with van der Waals surface area (Å²) in [7, 11) is 2.00. The van der Waals surface area contributed by atoms with Gasteiger partial charge in [-0.1, -0.05) is 13.8 Å². The van der Waals surface area contributed by atoms with Crippen LogP contribution in [0.5, 0.6) is 0 Å². The maximum Gasteiger partial charge on any atom is 0.0768 e. The zero-order chi connectivity index (χ0) is 11.5. The Bertz CT molecular complexity index is 192. The van der Waals surface area contributed by atoms with Crippen LogP contribution in [-0.2, 0) is 0 Å². The maximum absolute atomic E-state index is 10.3. The Morgan fingerprint density at radius 3 is 2.73 bits per heavy atom. The molecule has 1 aliphatic rings. The van der Waals surface area contributed by atoms with Gasteiger partial charge in [0.15, 0.2) is 0 Å². The third-order valence-electron chi connectivity index (χ3n) is 3.71. The first-order valence-electron chi connectivity index (χ1n) is 6.08. The molecule has 0 bridgehead atoms. The molecule has 1 rings (SSSR count). The molecule has 90 valence electrons. The van der Waals surface area contributed by atoms with Gasteiger partial charge in [0.1, 0.15) is 0 Å². The largest absolute Gasteiger partial charge is 0.389 e. The highest BCUT2D eigenvalue weighted by atomic mass is 16.3. The SMILES string of the molecule is CNCC1CCCN1CC(C)(O)C(C)C. The molecule has 3 heteroatoms. The molecule has 3 nitrogen and oxygen atoms in total. The van der Waals surface area contributed by atoms with E-state index in [4.69, 9.17) is 0 Å². The van der Waals surface area contributed by atoms with E-state index in [1.165, 1.54) is 12.8 Å². The predicted octanol–water partition coefficient (Wildman–Crippen LogP) is 1.08. The minimum atomic E-state index is -0.559. The highest BCUT2D eigenvalue weighted by Crippen LogP contribution is 2.23. The van der Waals surface area contributed by atoms with Gasteiger partial charge in [0.05, 0.1) is 5.60 Å². The lowest BCUT2D eigenvalue weighted by molar-refractivity contribution is -0.0215. The molecule has 15 heavy (non-hydrogen) atoms. The Labute approximate surface area is 93.9 Å². The second kappa shape index (κ2) is 5.28. The van der Waals surface area contributed by atoms with Crippen LogP contribution >= 0.6 is 0 Å². The van der Waals surface area contributed by atoms with Crippen molar-refractivity contribution in [2.45, 2.75) is 45.3 Å². The normalized spacial score (nSPS) is 27.2. The molecule has 0 amide bonds. The molecule has 0 aromatic heterocycles. The number of hydrogen-bond acceptors (Lipinski definition) is 3. The van der Waals surface area contributed by atoms with E-state index in [-0.39, 0.29) is 0 Å². The lowest BCUT2D eigenvalue weighted by Crippen LogP contribution is -2.48. The molecule has 0 spiro atoms. The molecule has 1 fully saturated rings. The van der Waals surface area contributed by atoms with Crippen LogP contribution < -0.4 is 5.32 Å². The molecule has 1 heterocycles. The van der Waals surface area contributed by atoms with Crippen LogP contribution in [-0.4, -0.2) is 48.3 Å². The molecule has 0 aromatic carbocycles. The molecule has 2 unspecified atom stereocenters. The lowest BCUT2D eigenvalue weighted by Gasteiger charge is -2.35. The Morgan fingerprint density at radius 1 is 1.53 bits per heavy atom. The van der Waals surface area contributed by atoms with E-state index < -0.39 is 5.60 Å². The fraction of sp³-hybridized carbons (Fsp3) is 1.00. The number of rotatable bonds is 5. The van der Waals surface area contributed by atoms with Gasteiger partial charge in [-0.25, -0.2) is 0 Å². The highest BCUT2D eigenvalue weighted by Gasteiger charge is 2.32. The summed E-state index contributed by atoms with van der Waals surface area (Å²) in [6.45, 7) is 9.10. The Balaban J connectivity index is 2.49. The van der Waals surface area contributed by atoms with Crippen molar-refractivity contribution in [1.29, 1.82) is 0 Å². The van der Waals surface area contributed by atoms with Crippen LogP contribution in [0.3, 0.4) is 0 Å². The summed E-state index contributed by atoms with van der Waals surface area (Å²) in [6, 6.07) is 0.611. The molecule has 0 aromatic rings. The first kappa shape index (κ1) is 12.9. The Kier molecular flexibility index (Phi) is 4.56. The monoisotopic (exact) mass is 214 g/mol. The number of β-amino-alcohol motifs (C(OH)–C–C–N with tert-alkyl or cyclic N) is 1. The van der Waals surface area contributed by atoms with Crippen LogP contribution in [0.1, 0.15) is 33.6 Å².